The van der Waals surface area contributed by atoms with Crippen LogP contribution >= 0.6 is 0 Å². The summed E-state index contributed by atoms with van der Waals surface area (Å²) in [4.78, 5) is 0. The predicted octanol–water partition coefficient (Wildman–Crippen LogP) is -1.11. The van der Waals surface area contributed by atoms with Crippen LogP contribution in [0.5, 0.6) is 0 Å². The average Bonchev–Trinajstić information content (AvgIpc) is 2.17. The van der Waals surface area contributed by atoms with Crippen LogP contribution in [0.15, 0.2) is 48.6 Å². The third kappa shape index (κ3) is 11.5. The first-order valence-electron chi connectivity index (χ1n) is 3.93. The molecule has 0 radical (unpaired) electrons. The molecular weight excluding hydrogens is 239 g/mol. The number of aliphatic hydroxyl groups excluding tert-OH is 1. The second-order valence-electron chi connectivity index (χ2n) is 2.39. The zero-order valence-electron chi connectivity index (χ0n) is 8.91. The first kappa shape index (κ1) is 17.8. The molecule has 0 unspecified atom stereocenters. The van der Waals surface area contributed by atoms with E-state index in [9.17, 15) is 13.0 Å². The summed E-state index contributed by atoms with van der Waals surface area (Å²) in [5, 5.41) is 7.97. The minimum atomic E-state index is -4.25. The smallest absolute Gasteiger partial charge is 0.744 e. The van der Waals surface area contributed by atoms with E-state index in [2.05, 4.69) is 6.58 Å². The molecule has 0 atom stereocenters. The maximum Gasteiger partial charge on any atom is 1.00 e. The van der Waals surface area contributed by atoms with Crippen molar-refractivity contribution in [3.8, 4) is 0 Å². The Bertz CT molecular complexity index is 412. The van der Waals surface area contributed by atoms with E-state index in [1.165, 1.54) is 6.08 Å². The van der Waals surface area contributed by atoms with Crippen LogP contribution in [0.1, 0.15) is 5.56 Å². The van der Waals surface area contributed by atoms with Gasteiger partial charge in [-0.2, -0.15) is 0 Å². The Morgan fingerprint density at radius 1 is 1.25 bits per heavy atom. The summed E-state index contributed by atoms with van der Waals surface area (Å²) >= 11 is 0. The molecule has 0 amide bonds. The summed E-state index contributed by atoms with van der Waals surface area (Å²) in [6.07, 6.45) is 2.02. The van der Waals surface area contributed by atoms with E-state index in [0.717, 1.165) is 6.26 Å². The Hall–Kier alpha value is -0.590. The second kappa shape index (κ2) is 9.62. The summed E-state index contributed by atoms with van der Waals surface area (Å²) in [6.45, 7) is 2.92. The topological polar surface area (TPSA) is 77.4 Å². The fourth-order valence-electron chi connectivity index (χ4n) is 0.726. The quantitative estimate of drug-likeness (QED) is 0.410. The van der Waals surface area contributed by atoms with E-state index >= 15 is 0 Å². The normalized spacial score (nSPS) is 9.81. The van der Waals surface area contributed by atoms with Crippen LogP contribution in [-0.4, -0.2) is 18.1 Å². The van der Waals surface area contributed by atoms with Crippen molar-refractivity contribution < 1.29 is 47.6 Å². The Balaban J connectivity index is 0. The summed E-state index contributed by atoms with van der Waals surface area (Å²) < 4.78 is 30.5. The maximum absolute atomic E-state index is 10.2. The molecule has 0 aliphatic heterocycles. The first-order chi connectivity index (χ1) is 6.99. The van der Waals surface area contributed by atoms with Crippen LogP contribution < -0.4 is 29.6 Å². The van der Waals surface area contributed by atoms with Gasteiger partial charge in [-0.25, -0.2) is 8.42 Å². The number of benzene rings is 1. The fourth-order valence-corrected chi connectivity index (χ4v) is 1.05. The molecule has 0 saturated carbocycles. The van der Waals surface area contributed by atoms with Gasteiger partial charge in [-0.1, -0.05) is 36.9 Å². The zero-order chi connectivity index (χ0) is 11.7. The van der Waals surface area contributed by atoms with Gasteiger partial charge >= 0.3 is 29.6 Å². The SMILES string of the molecule is C=CO.O=S(=O)([O-])C=Cc1ccccc1.[Na+]. The standard InChI is InChI=1S/C8H8O3S.C2H4O.Na/c9-12(10,11)7-6-8-4-2-1-3-5-8;1-2-3;/h1-7H,(H,9,10,11);2-3H,1H2;/q;;+1/p-1. The van der Waals surface area contributed by atoms with E-state index < -0.39 is 10.1 Å². The molecule has 1 rings (SSSR count). The average molecular weight is 250 g/mol. The molecule has 1 N–H and O–H groups in total. The van der Waals surface area contributed by atoms with Gasteiger partial charge in [0.1, 0.15) is 10.1 Å². The number of aliphatic hydroxyl groups is 1. The van der Waals surface area contributed by atoms with Crippen molar-refractivity contribution in [3.05, 3.63) is 54.1 Å². The van der Waals surface area contributed by atoms with Gasteiger partial charge in [0.25, 0.3) is 0 Å². The Morgan fingerprint density at radius 3 is 2.06 bits per heavy atom. The van der Waals surface area contributed by atoms with Crippen LogP contribution in [0.25, 0.3) is 6.08 Å². The molecule has 0 fully saturated rings. The van der Waals surface area contributed by atoms with Crippen LogP contribution in [-0.2, 0) is 10.1 Å². The Kier molecular flexibility index (Phi) is 10.7. The minimum Gasteiger partial charge on any atom is -0.744 e. The van der Waals surface area contributed by atoms with Gasteiger partial charge in [0.15, 0.2) is 0 Å². The molecule has 0 bridgehead atoms. The van der Waals surface area contributed by atoms with E-state index in [-0.39, 0.29) is 29.6 Å². The van der Waals surface area contributed by atoms with Crippen molar-refractivity contribution in [3.63, 3.8) is 0 Å². The molecule has 16 heavy (non-hydrogen) atoms. The van der Waals surface area contributed by atoms with Crippen LogP contribution in [0, 0.1) is 0 Å². The van der Waals surface area contributed by atoms with Crippen LogP contribution in [0.4, 0.5) is 0 Å². The third-order valence-corrected chi connectivity index (χ3v) is 1.70. The third-order valence-electron chi connectivity index (χ3n) is 1.23. The van der Waals surface area contributed by atoms with Crippen molar-refractivity contribution in [2.45, 2.75) is 0 Å². The molecular formula is C10H11NaO4S. The molecule has 82 valence electrons. The number of hydrogen-bond donors (Lipinski definition) is 1. The molecule has 6 heteroatoms. The molecule has 1 aromatic carbocycles. The molecule has 0 aromatic heterocycles. The number of hydrogen-bond acceptors (Lipinski definition) is 4. The minimum absolute atomic E-state index is 0. The van der Waals surface area contributed by atoms with Crippen molar-refractivity contribution in [2.24, 2.45) is 0 Å². The van der Waals surface area contributed by atoms with Crippen molar-refractivity contribution in [1.82, 2.24) is 0 Å². The molecule has 0 heterocycles. The van der Waals surface area contributed by atoms with Crippen molar-refractivity contribution in [1.29, 1.82) is 0 Å². The van der Waals surface area contributed by atoms with Crippen LogP contribution in [0.3, 0.4) is 0 Å². The van der Waals surface area contributed by atoms with Gasteiger partial charge in [-0.3, -0.25) is 0 Å². The predicted molar refractivity (Wildman–Crippen MR) is 58.0 cm³/mol. The van der Waals surface area contributed by atoms with E-state index in [0.29, 0.717) is 11.0 Å². The Morgan fingerprint density at radius 2 is 1.69 bits per heavy atom. The van der Waals surface area contributed by atoms with Gasteiger partial charge in [0.05, 0.1) is 6.26 Å². The summed E-state index contributed by atoms with van der Waals surface area (Å²) in [5.41, 5.74) is 0.692. The van der Waals surface area contributed by atoms with Gasteiger partial charge in [0.2, 0.25) is 0 Å². The van der Waals surface area contributed by atoms with E-state index in [4.69, 9.17) is 5.11 Å². The van der Waals surface area contributed by atoms with Gasteiger partial charge in [0, 0.05) is 5.41 Å². The van der Waals surface area contributed by atoms with Crippen molar-refractivity contribution >= 4 is 16.2 Å². The Labute approximate surface area is 117 Å². The number of rotatable bonds is 2. The van der Waals surface area contributed by atoms with E-state index in [1.54, 1.807) is 24.3 Å². The maximum atomic E-state index is 10.2. The van der Waals surface area contributed by atoms with E-state index in [1.807, 2.05) is 6.07 Å². The fraction of sp³-hybridized carbons (Fsp3) is 0. The molecule has 0 aliphatic carbocycles. The summed E-state index contributed by atoms with van der Waals surface area (Å²) in [5.74, 6) is 0. The second-order valence-corrected chi connectivity index (χ2v) is 3.65. The van der Waals surface area contributed by atoms with Crippen molar-refractivity contribution in [2.75, 3.05) is 0 Å². The monoisotopic (exact) mass is 250 g/mol. The first-order valence-corrected chi connectivity index (χ1v) is 5.41. The van der Waals surface area contributed by atoms with Gasteiger partial charge in [-0.15, -0.1) is 0 Å². The molecule has 0 saturated heterocycles. The van der Waals surface area contributed by atoms with Gasteiger partial charge < -0.3 is 9.66 Å². The van der Waals surface area contributed by atoms with Crippen LogP contribution in [0.2, 0.25) is 0 Å². The molecule has 0 aliphatic rings. The van der Waals surface area contributed by atoms with Gasteiger partial charge in [-0.05, 0) is 11.6 Å². The zero-order valence-corrected chi connectivity index (χ0v) is 11.7. The largest absolute Gasteiger partial charge is 1.00 e. The molecule has 0 spiro atoms. The summed E-state index contributed by atoms with van der Waals surface area (Å²) in [7, 11) is -4.25. The molecule has 4 nitrogen and oxygen atoms in total. The summed E-state index contributed by atoms with van der Waals surface area (Å²) in [6, 6.07) is 8.75. The molecule has 1 aromatic rings.